The lowest BCUT2D eigenvalue weighted by Gasteiger charge is -2.10. The number of sulfonamides is 1. The molecule has 0 saturated carbocycles. The third-order valence-electron chi connectivity index (χ3n) is 3.67. The van der Waals surface area contributed by atoms with Crippen LogP contribution < -0.4 is 15.6 Å². The maximum Gasteiger partial charge on any atom is 0.275 e. The van der Waals surface area contributed by atoms with E-state index in [0.717, 1.165) is 17.1 Å². The van der Waals surface area contributed by atoms with Gasteiger partial charge in [-0.05, 0) is 44.5 Å². The Morgan fingerprint density at radius 2 is 1.93 bits per heavy atom. The molecule has 2 N–H and O–H groups in total. The van der Waals surface area contributed by atoms with Gasteiger partial charge in [0.25, 0.3) is 5.56 Å². The molecule has 0 unspecified atom stereocenters. The highest BCUT2D eigenvalue weighted by Gasteiger charge is 2.15. The number of fused-ring (bicyclic) bond motifs is 1. The number of nitrogens with zero attached hydrogens (tertiary/aromatic N) is 3. The van der Waals surface area contributed by atoms with E-state index in [-0.39, 0.29) is 16.5 Å². The van der Waals surface area contributed by atoms with Gasteiger partial charge in [0.1, 0.15) is 5.01 Å². The Morgan fingerprint density at radius 3 is 2.56 bits per heavy atom. The van der Waals surface area contributed by atoms with Crippen LogP contribution in [-0.2, 0) is 23.0 Å². The SMILES string of the molecule is CCc1nn2c(=O)cc(CNc3ccc(S(=O)(=O)NC(C)C)cc3)nc2s1. The van der Waals surface area contributed by atoms with Crippen LogP contribution in [0.25, 0.3) is 4.96 Å². The third-order valence-corrected chi connectivity index (χ3v) is 6.40. The number of hydrogen-bond acceptors (Lipinski definition) is 7. The number of benzene rings is 1. The van der Waals surface area contributed by atoms with E-state index in [4.69, 9.17) is 0 Å². The molecule has 0 aliphatic heterocycles. The van der Waals surface area contributed by atoms with Crippen molar-refractivity contribution >= 4 is 32.0 Å². The minimum atomic E-state index is -3.51. The highest BCUT2D eigenvalue weighted by Crippen LogP contribution is 2.16. The van der Waals surface area contributed by atoms with Crippen molar-refractivity contribution in [3.05, 3.63) is 51.4 Å². The molecule has 0 radical (unpaired) electrons. The van der Waals surface area contributed by atoms with Gasteiger partial charge in [0.05, 0.1) is 17.1 Å². The van der Waals surface area contributed by atoms with Crippen molar-refractivity contribution in [1.82, 2.24) is 19.3 Å². The van der Waals surface area contributed by atoms with Crippen LogP contribution in [-0.4, -0.2) is 29.1 Å². The molecule has 0 aliphatic carbocycles. The van der Waals surface area contributed by atoms with Crippen molar-refractivity contribution in [2.24, 2.45) is 0 Å². The van der Waals surface area contributed by atoms with Crippen LogP contribution in [0, 0.1) is 0 Å². The second-order valence-electron chi connectivity index (χ2n) is 6.28. The van der Waals surface area contributed by atoms with Crippen molar-refractivity contribution in [2.45, 2.75) is 44.7 Å². The minimum absolute atomic E-state index is 0.173. The van der Waals surface area contributed by atoms with Crippen LogP contribution in [0.2, 0.25) is 0 Å². The van der Waals surface area contributed by atoms with Gasteiger partial charge in [-0.1, -0.05) is 18.3 Å². The average molecular weight is 408 g/mol. The molecule has 0 amide bonds. The summed E-state index contributed by atoms with van der Waals surface area (Å²) in [4.78, 5) is 17.4. The van der Waals surface area contributed by atoms with Crippen molar-refractivity contribution in [1.29, 1.82) is 0 Å². The van der Waals surface area contributed by atoms with Gasteiger partial charge in [-0.15, -0.1) is 0 Å². The lowest BCUT2D eigenvalue weighted by Crippen LogP contribution is -2.30. The quantitative estimate of drug-likeness (QED) is 0.621. The summed E-state index contributed by atoms with van der Waals surface area (Å²) < 4.78 is 28.1. The third kappa shape index (κ3) is 4.52. The Morgan fingerprint density at radius 1 is 1.22 bits per heavy atom. The molecule has 1 aromatic carbocycles. The van der Waals surface area contributed by atoms with Gasteiger partial charge in [0.2, 0.25) is 15.0 Å². The molecule has 3 aromatic rings. The van der Waals surface area contributed by atoms with Gasteiger partial charge in [-0.3, -0.25) is 4.79 Å². The fourth-order valence-corrected chi connectivity index (χ4v) is 4.56. The van der Waals surface area contributed by atoms with Crippen LogP contribution in [0.3, 0.4) is 0 Å². The Balaban J connectivity index is 1.73. The molecule has 0 fully saturated rings. The smallest absolute Gasteiger partial charge is 0.275 e. The normalized spacial score (nSPS) is 12.0. The molecule has 0 saturated heterocycles. The van der Waals surface area contributed by atoms with E-state index in [9.17, 15) is 13.2 Å². The zero-order chi connectivity index (χ0) is 19.6. The van der Waals surface area contributed by atoms with Crippen LogP contribution in [0.1, 0.15) is 31.5 Å². The van der Waals surface area contributed by atoms with Crippen molar-refractivity contribution < 1.29 is 8.42 Å². The molecule has 3 rings (SSSR count). The predicted molar refractivity (Wildman–Crippen MR) is 106 cm³/mol. The predicted octanol–water partition coefficient (Wildman–Crippen LogP) is 2.01. The number of aromatic nitrogens is 3. The Labute approximate surface area is 161 Å². The summed E-state index contributed by atoms with van der Waals surface area (Å²) in [6.45, 7) is 5.87. The fourth-order valence-electron chi connectivity index (χ4n) is 2.45. The fraction of sp³-hybridized carbons (Fsp3) is 0.353. The van der Waals surface area contributed by atoms with Gasteiger partial charge in [-0.2, -0.15) is 9.61 Å². The highest BCUT2D eigenvalue weighted by atomic mass is 32.2. The van der Waals surface area contributed by atoms with E-state index >= 15 is 0 Å². The maximum atomic E-state index is 12.1. The van der Waals surface area contributed by atoms with E-state index in [2.05, 4.69) is 20.1 Å². The minimum Gasteiger partial charge on any atom is -0.379 e. The Hall–Kier alpha value is -2.30. The molecular weight excluding hydrogens is 386 g/mol. The number of rotatable bonds is 7. The molecule has 8 nitrogen and oxygen atoms in total. The summed E-state index contributed by atoms with van der Waals surface area (Å²) in [6, 6.07) is 7.72. The summed E-state index contributed by atoms with van der Waals surface area (Å²) >= 11 is 1.40. The summed E-state index contributed by atoms with van der Waals surface area (Å²) in [6.07, 6.45) is 0.752. The molecule has 27 heavy (non-hydrogen) atoms. The second-order valence-corrected chi connectivity index (χ2v) is 9.04. The highest BCUT2D eigenvalue weighted by molar-refractivity contribution is 7.89. The van der Waals surface area contributed by atoms with E-state index in [1.807, 2.05) is 6.92 Å². The first-order valence-corrected chi connectivity index (χ1v) is 10.8. The number of hydrogen-bond donors (Lipinski definition) is 2. The average Bonchev–Trinajstić information content (AvgIpc) is 3.03. The summed E-state index contributed by atoms with van der Waals surface area (Å²) in [5, 5.41) is 8.23. The molecule has 144 valence electrons. The first kappa shape index (κ1) is 19.5. The van der Waals surface area contributed by atoms with Gasteiger partial charge >= 0.3 is 0 Å². The van der Waals surface area contributed by atoms with E-state index in [0.29, 0.717) is 17.2 Å². The van der Waals surface area contributed by atoms with Gasteiger partial charge in [-0.25, -0.2) is 18.1 Å². The molecule has 2 aromatic heterocycles. The van der Waals surface area contributed by atoms with E-state index < -0.39 is 10.0 Å². The molecule has 0 aliphatic rings. The van der Waals surface area contributed by atoms with Crippen LogP contribution in [0.15, 0.2) is 40.0 Å². The van der Waals surface area contributed by atoms with Gasteiger partial charge < -0.3 is 5.32 Å². The first-order chi connectivity index (χ1) is 12.8. The molecule has 0 bridgehead atoms. The molecule has 0 atom stereocenters. The zero-order valence-electron chi connectivity index (χ0n) is 15.3. The van der Waals surface area contributed by atoms with Crippen molar-refractivity contribution in [3.63, 3.8) is 0 Å². The lowest BCUT2D eigenvalue weighted by molar-refractivity contribution is 0.570. The number of anilines is 1. The van der Waals surface area contributed by atoms with E-state index in [1.54, 1.807) is 26.0 Å². The standard InChI is InChI=1S/C17H21N5O3S2/c1-4-15-20-22-16(23)9-13(19-17(22)26-15)10-18-12-5-7-14(8-6-12)27(24,25)21-11(2)3/h5-9,11,18,21H,4,10H2,1-3H3. The monoisotopic (exact) mass is 407 g/mol. The molecule has 2 heterocycles. The Kier molecular flexibility index (Phi) is 5.59. The second kappa shape index (κ2) is 7.75. The zero-order valence-corrected chi connectivity index (χ0v) is 16.9. The van der Waals surface area contributed by atoms with Crippen molar-refractivity contribution in [2.75, 3.05) is 5.32 Å². The number of aryl methyl sites for hydroxylation is 1. The largest absolute Gasteiger partial charge is 0.379 e. The first-order valence-electron chi connectivity index (χ1n) is 8.53. The van der Waals surface area contributed by atoms with Crippen molar-refractivity contribution in [3.8, 4) is 0 Å². The van der Waals surface area contributed by atoms with Crippen LogP contribution in [0.5, 0.6) is 0 Å². The van der Waals surface area contributed by atoms with Crippen LogP contribution >= 0.6 is 11.3 Å². The van der Waals surface area contributed by atoms with Gasteiger partial charge in [0, 0.05) is 17.8 Å². The maximum absolute atomic E-state index is 12.1. The molecule has 0 spiro atoms. The lowest BCUT2D eigenvalue weighted by atomic mass is 10.3. The Bertz CT molecular complexity index is 1100. The topological polar surface area (TPSA) is 105 Å². The van der Waals surface area contributed by atoms with Gasteiger partial charge in [0.15, 0.2) is 0 Å². The molecular formula is C17H21N5O3S2. The van der Waals surface area contributed by atoms with Crippen LogP contribution in [0.4, 0.5) is 5.69 Å². The number of nitrogens with one attached hydrogen (secondary N) is 2. The summed E-state index contributed by atoms with van der Waals surface area (Å²) in [7, 11) is -3.51. The molecule has 10 heteroatoms. The summed E-state index contributed by atoms with van der Waals surface area (Å²) in [5.41, 5.74) is 1.12. The van der Waals surface area contributed by atoms with E-state index in [1.165, 1.54) is 34.1 Å². The summed E-state index contributed by atoms with van der Waals surface area (Å²) in [5.74, 6) is 0.